The maximum atomic E-state index is 14.7. The van der Waals surface area contributed by atoms with Gasteiger partial charge in [0.05, 0.1) is 6.26 Å². The highest BCUT2D eigenvalue weighted by Crippen LogP contribution is 2.47. The fourth-order valence-corrected chi connectivity index (χ4v) is 7.44. The van der Waals surface area contributed by atoms with Crippen LogP contribution in [0.2, 0.25) is 0 Å². The van der Waals surface area contributed by atoms with Crippen LogP contribution in [0.15, 0.2) is 24.5 Å². The van der Waals surface area contributed by atoms with Gasteiger partial charge in [-0.3, -0.25) is 0 Å². The number of rotatable bonds is 7. The predicted octanol–water partition coefficient (Wildman–Crippen LogP) is 9.56. The first kappa shape index (κ1) is 24.7. The number of benzene rings is 1. The zero-order chi connectivity index (χ0) is 23.2. The molecule has 0 N–H and O–H groups in total. The van der Waals surface area contributed by atoms with Crippen LogP contribution in [0.4, 0.5) is 8.78 Å². The smallest absolute Gasteiger partial charge is 0.201 e. The number of allylic oxidation sites excluding steroid dienone is 1. The Bertz CT molecular complexity index is 764. The summed E-state index contributed by atoms with van der Waals surface area (Å²) in [5.41, 5.74) is 0.543. The van der Waals surface area contributed by atoms with E-state index in [1.165, 1.54) is 83.3 Å². The minimum atomic E-state index is -0.852. The summed E-state index contributed by atoms with van der Waals surface area (Å²) in [6, 6.07) is 3.32. The molecule has 184 valence electrons. The fourth-order valence-electron chi connectivity index (χ4n) is 7.44. The van der Waals surface area contributed by atoms with E-state index in [2.05, 4.69) is 6.92 Å². The van der Waals surface area contributed by atoms with E-state index >= 15 is 0 Å². The molecule has 0 amide bonds. The standard InChI is InChI=1S/C30H44F2O/c1-3-5-21-6-8-22(9-7-21)23-10-12-24(13-11-23)25-14-16-26(17-15-25)27-18-19-28(33-20-4-2)30(32)29(27)31/h4,18-26H,3,5-17H2,1-2H3/b20-4+. The number of halogens is 2. The molecule has 1 aromatic rings. The molecule has 0 spiro atoms. The molecule has 0 saturated heterocycles. The third kappa shape index (κ3) is 6.01. The SMILES string of the molecule is C/C=C/Oc1ccc(C2CCC(C3CCC(C4CCC(CCC)CC4)CC3)CC2)c(F)c1F. The van der Waals surface area contributed by atoms with E-state index in [4.69, 9.17) is 4.74 Å². The van der Waals surface area contributed by atoms with Crippen LogP contribution in [0, 0.1) is 41.2 Å². The van der Waals surface area contributed by atoms with E-state index in [1.807, 2.05) is 0 Å². The molecule has 0 atom stereocenters. The molecule has 0 heterocycles. The van der Waals surface area contributed by atoms with Crippen molar-refractivity contribution in [3.8, 4) is 5.75 Å². The second-order valence-electron chi connectivity index (χ2n) is 11.2. The van der Waals surface area contributed by atoms with Gasteiger partial charge in [-0.25, -0.2) is 4.39 Å². The van der Waals surface area contributed by atoms with Gasteiger partial charge < -0.3 is 4.74 Å². The van der Waals surface area contributed by atoms with Crippen LogP contribution >= 0.6 is 0 Å². The van der Waals surface area contributed by atoms with Crippen molar-refractivity contribution in [1.29, 1.82) is 0 Å². The van der Waals surface area contributed by atoms with Crippen molar-refractivity contribution >= 4 is 0 Å². The van der Waals surface area contributed by atoms with Gasteiger partial charge in [0.25, 0.3) is 0 Å². The highest BCUT2D eigenvalue weighted by Gasteiger charge is 2.35. The summed E-state index contributed by atoms with van der Waals surface area (Å²) in [5.74, 6) is 3.16. The second kappa shape index (κ2) is 11.8. The monoisotopic (exact) mass is 458 g/mol. The highest BCUT2D eigenvalue weighted by atomic mass is 19.2. The first-order chi connectivity index (χ1) is 16.1. The summed E-state index contributed by atoms with van der Waals surface area (Å²) in [4.78, 5) is 0. The summed E-state index contributed by atoms with van der Waals surface area (Å²) < 4.78 is 34.3. The molecule has 4 rings (SSSR count). The summed E-state index contributed by atoms with van der Waals surface area (Å²) in [7, 11) is 0. The summed E-state index contributed by atoms with van der Waals surface area (Å²) in [6.07, 6.45) is 21.7. The maximum Gasteiger partial charge on any atom is 0.201 e. The minimum Gasteiger partial charge on any atom is -0.462 e. The molecule has 0 radical (unpaired) electrons. The van der Waals surface area contributed by atoms with Crippen molar-refractivity contribution in [3.63, 3.8) is 0 Å². The predicted molar refractivity (Wildman–Crippen MR) is 132 cm³/mol. The lowest BCUT2D eigenvalue weighted by molar-refractivity contribution is 0.108. The average molecular weight is 459 g/mol. The Morgan fingerprint density at radius 1 is 0.758 bits per heavy atom. The number of ether oxygens (including phenoxy) is 1. The van der Waals surface area contributed by atoms with Crippen LogP contribution in [-0.2, 0) is 0 Å². The normalized spacial score (nSPS) is 33.3. The van der Waals surface area contributed by atoms with Gasteiger partial charge in [0.1, 0.15) is 0 Å². The topological polar surface area (TPSA) is 9.23 Å². The summed E-state index contributed by atoms with van der Waals surface area (Å²) >= 11 is 0. The zero-order valence-electron chi connectivity index (χ0n) is 20.8. The Balaban J connectivity index is 1.24. The molecule has 0 aliphatic heterocycles. The van der Waals surface area contributed by atoms with Crippen LogP contribution in [0.1, 0.15) is 115 Å². The molecule has 0 bridgehead atoms. The Hall–Kier alpha value is -1.38. The Kier molecular flexibility index (Phi) is 8.88. The van der Waals surface area contributed by atoms with E-state index in [0.717, 1.165) is 42.4 Å². The van der Waals surface area contributed by atoms with Crippen molar-refractivity contribution < 1.29 is 13.5 Å². The Morgan fingerprint density at radius 3 is 1.79 bits per heavy atom. The maximum absolute atomic E-state index is 14.7. The quantitative estimate of drug-likeness (QED) is 0.370. The van der Waals surface area contributed by atoms with Gasteiger partial charge in [0, 0.05) is 0 Å². The van der Waals surface area contributed by atoms with Crippen LogP contribution in [-0.4, -0.2) is 0 Å². The number of hydrogen-bond acceptors (Lipinski definition) is 1. The van der Waals surface area contributed by atoms with Crippen LogP contribution in [0.25, 0.3) is 0 Å². The van der Waals surface area contributed by atoms with Gasteiger partial charge in [-0.1, -0.05) is 44.7 Å². The summed E-state index contributed by atoms with van der Waals surface area (Å²) in [6.45, 7) is 4.11. The molecular weight excluding hydrogens is 414 g/mol. The van der Waals surface area contributed by atoms with E-state index in [0.29, 0.717) is 5.56 Å². The lowest BCUT2D eigenvalue weighted by Gasteiger charge is -2.41. The molecule has 0 aromatic heterocycles. The van der Waals surface area contributed by atoms with Crippen molar-refractivity contribution in [2.24, 2.45) is 29.6 Å². The molecule has 3 saturated carbocycles. The van der Waals surface area contributed by atoms with Gasteiger partial charge >= 0.3 is 0 Å². The van der Waals surface area contributed by atoms with Gasteiger partial charge in [-0.2, -0.15) is 4.39 Å². The van der Waals surface area contributed by atoms with Crippen molar-refractivity contribution in [3.05, 3.63) is 41.7 Å². The van der Waals surface area contributed by atoms with Crippen LogP contribution < -0.4 is 4.74 Å². The number of hydrogen-bond donors (Lipinski definition) is 0. The van der Waals surface area contributed by atoms with Gasteiger partial charge in [-0.05, 0) is 118 Å². The van der Waals surface area contributed by atoms with Crippen LogP contribution in [0.3, 0.4) is 0 Å². The Morgan fingerprint density at radius 2 is 1.27 bits per heavy atom. The lowest BCUT2D eigenvalue weighted by Crippen LogP contribution is -2.29. The zero-order valence-corrected chi connectivity index (χ0v) is 20.8. The molecule has 3 aliphatic rings. The lowest BCUT2D eigenvalue weighted by atomic mass is 9.64. The summed E-state index contributed by atoms with van der Waals surface area (Å²) in [5, 5.41) is 0. The molecule has 3 aliphatic carbocycles. The fraction of sp³-hybridized carbons (Fsp3) is 0.733. The minimum absolute atomic E-state index is 0.0290. The first-order valence-corrected chi connectivity index (χ1v) is 13.9. The van der Waals surface area contributed by atoms with Crippen LogP contribution in [0.5, 0.6) is 5.75 Å². The van der Waals surface area contributed by atoms with E-state index < -0.39 is 11.6 Å². The first-order valence-electron chi connectivity index (χ1n) is 13.9. The molecule has 3 heteroatoms. The van der Waals surface area contributed by atoms with Crippen molar-refractivity contribution in [2.75, 3.05) is 0 Å². The molecule has 3 fully saturated rings. The molecule has 33 heavy (non-hydrogen) atoms. The van der Waals surface area contributed by atoms with E-state index in [-0.39, 0.29) is 11.7 Å². The van der Waals surface area contributed by atoms with Gasteiger partial charge in [-0.15, -0.1) is 0 Å². The Labute approximate surface area is 200 Å². The van der Waals surface area contributed by atoms with Gasteiger partial charge in [0.15, 0.2) is 11.6 Å². The largest absolute Gasteiger partial charge is 0.462 e. The van der Waals surface area contributed by atoms with E-state index in [9.17, 15) is 8.78 Å². The van der Waals surface area contributed by atoms with Gasteiger partial charge in [0.2, 0.25) is 5.82 Å². The highest BCUT2D eigenvalue weighted by molar-refractivity contribution is 5.33. The average Bonchev–Trinajstić information content (AvgIpc) is 2.86. The van der Waals surface area contributed by atoms with Crippen molar-refractivity contribution in [2.45, 2.75) is 110 Å². The molecular formula is C30H44F2O. The van der Waals surface area contributed by atoms with E-state index in [1.54, 1.807) is 25.1 Å². The third-order valence-electron chi connectivity index (χ3n) is 9.36. The molecule has 1 nitrogen and oxygen atoms in total. The second-order valence-corrected chi connectivity index (χ2v) is 11.2. The molecule has 1 aromatic carbocycles. The third-order valence-corrected chi connectivity index (χ3v) is 9.36. The van der Waals surface area contributed by atoms with Crippen molar-refractivity contribution in [1.82, 2.24) is 0 Å². The molecule has 0 unspecified atom stereocenters.